The van der Waals surface area contributed by atoms with Gasteiger partial charge in [-0.1, -0.05) is 75.1 Å². The van der Waals surface area contributed by atoms with Crippen LogP contribution in [-0.2, 0) is 4.74 Å². The smallest absolute Gasteiger partial charge is 0.338 e. The molecule has 0 atom stereocenters. The van der Waals surface area contributed by atoms with Crippen molar-refractivity contribution in [2.75, 3.05) is 13.2 Å². The van der Waals surface area contributed by atoms with Crippen LogP contribution in [0.3, 0.4) is 0 Å². The zero-order valence-corrected chi connectivity index (χ0v) is 19.5. The Morgan fingerprint density at radius 1 is 0.774 bits per heavy atom. The molecule has 0 aliphatic heterocycles. The largest absolute Gasteiger partial charge is 0.494 e. The van der Waals surface area contributed by atoms with E-state index in [1.54, 1.807) is 30.3 Å². The van der Waals surface area contributed by atoms with Gasteiger partial charge in [0.25, 0.3) is 0 Å². The molecule has 0 aliphatic rings. The first-order valence-electron chi connectivity index (χ1n) is 10.9. The third-order valence-corrected chi connectivity index (χ3v) is 5.67. The lowest BCUT2D eigenvalue weighted by atomic mass is 10.1. The van der Waals surface area contributed by atoms with Gasteiger partial charge in [-0.2, -0.15) is 0 Å². The van der Waals surface area contributed by atoms with E-state index in [9.17, 15) is 9.59 Å². The fourth-order valence-electron chi connectivity index (χ4n) is 3.08. The Kier molecular flexibility index (Phi) is 11.5. The molecular formula is C25H30Cl2O4. The van der Waals surface area contributed by atoms with Crippen LogP contribution in [0.1, 0.15) is 79.0 Å². The van der Waals surface area contributed by atoms with E-state index in [2.05, 4.69) is 6.92 Å². The third kappa shape index (κ3) is 9.32. The van der Waals surface area contributed by atoms with Gasteiger partial charge in [-0.05, 0) is 48.9 Å². The topological polar surface area (TPSA) is 52.6 Å². The molecule has 0 N–H and O–H groups in total. The van der Waals surface area contributed by atoms with Crippen molar-refractivity contribution < 1.29 is 19.1 Å². The maximum atomic E-state index is 12.2. The number of carbonyl (C=O) groups excluding carboxylic acids is 2. The van der Waals surface area contributed by atoms with Gasteiger partial charge in [0.15, 0.2) is 12.4 Å². The monoisotopic (exact) mass is 464 g/mol. The van der Waals surface area contributed by atoms with Crippen LogP contribution in [0.5, 0.6) is 5.75 Å². The maximum Gasteiger partial charge on any atom is 0.338 e. The molecule has 168 valence electrons. The van der Waals surface area contributed by atoms with E-state index in [4.69, 9.17) is 32.7 Å². The van der Waals surface area contributed by atoms with Crippen LogP contribution in [0.25, 0.3) is 0 Å². The first-order chi connectivity index (χ1) is 15.0. The summed E-state index contributed by atoms with van der Waals surface area (Å²) >= 11 is 11.8. The normalized spacial score (nSPS) is 10.7. The highest BCUT2D eigenvalue weighted by Crippen LogP contribution is 2.23. The van der Waals surface area contributed by atoms with E-state index in [0.717, 1.165) is 6.42 Å². The molecule has 0 saturated heterocycles. The number of halogens is 2. The Labute approximate surface area is 194 Å². The second kappa shape index (κ2) is 14.1. The molecule has 0 saturated carbocycles. The van der Waals surface area contributed by atoms with Crippen molar-refractivity contribution in [3.8, 4) is 5.75 Å². The van der Waals surface area contributed by atoms with Gasteiger partial charge in [0.2, 0.25) is 0 Å². The maximum absolute atomic E-state index is 12.2. The minimum atomic E-state index is -0.567. The molecule has 0 aliphatic carbocycles. The summed E-state index contributed by atoms with van der Waals surface area (Å²) in [5.74, 6) is -0.202. The molecule has 0 heterocycles. The van der Waals surface area contributed by atoms with Crippen LogP contribution in [0, 0.1) is 0 Å². The SMILES string of the molecule is CCCCCCCCCCOc1ccc(C(=O)OCC(=O)c2ccc(Cl)c(Cl)c2)cc1. The van der Waals surface area contributed by atoms with E-state index in [0.29, 0.717) is 28.5 Å². The fourth-order valence-corrected chi connectivity index (χ4v) is 3.38. The molecule has 0 bridgehead atoms. The molecule has 2 aromatic carbocycles. The number of hydrogen-bond acceptors (Lipinski definition) is 4. The Balaban J connectivity index is 1.66. The highest BCUT2D eigenvalue weighted by Gasteiger charge is 2.13. The fraction of sp³-hybridized carbons (Fsp3) is 0.440. The van der Waals surface area contributed by atoms with Gasteiger partial charge < -0.3 is 9.47 Å². The average Bonchev–Trinajstić information content (AvgIpc) is 2.78. The lowest BCUT2D eigenvalue weighted by molar-refractivity contribution is 0.0474. The molecule has 6 heteroatoms. The quantitative estimate of drug-likeness (QED) is 0.164. The van der Waals surface area contributed by atoms with Crippen LogP contribution in [-0.4, -0.2) is 25.0 Å². The molecule has 0 aromatic heterocycles. The molecule has 0 unspecified atom stereocenters. The number of esters is 1. The van der Waals surface area contributed by atoms with Gasteiger partial charge in [-0.25, -0.2) is 4.79 Å². The number of ether oxygens (including phenoxy) is 2. The summed E-state index contributed by atoms with van der Waals surface area (Å²) in [6, 6.07) is 11.3. The molecule has 2 aromatic rings. The number of Topliss-reactive ketones (excluding diaryl/α,β-unsaturated/α-hetero) is 1. The Morgan fingerprint density at radius 3 is 2.03 bits per heavy atom. The van der Waals surface area contributed by atoms with Crippen LogP contribution < -0.4 is 4.74 Å². The van der Waals surface area contributed by atoms with Crippen molar-refractivity contribution in [3.63, 3.8) is 0 Å². The van der Waals surface area contributed by atoms with Crippen LogP contribution in [0.15, 0.2) is 42.5 Å². The third-order valence-electron chi connectivity index (χ3n) is 4.93. The Morgan fingerprint density at radius 2 is 1.39 bits per heavy atom. The van der Waals surface area contributed by atoms with Crippen molar-refractivity contribution >= 4 is 35.0 Å². The van der Waals surface area contributed by atoms with E-state index < -0.39 is 5.97 Å². The summed E-state index contributed by atoms with van der Waals surface area (Å²) in [5.41, 5.74) is 0.702. The van der Waals surface area contributed by atoms with Gasteiger partial charge in [0.05, 0.1) is 22.2 Å². The zero-order chi connectivity index (χ0) is 22.5. The van der Waals surface area contributed by atoms with Crippen molar-refractivity contribution in [2.24, 2.45) is 0 Å². The molecule has 0 fully saturated rings. The van der Waals surface area contributed by atoms with Crippen LogP contribution in [0.2, 0.25) is 10.0 Å². The molecule has 31 heavy (non-hydrogen) atoms. The zero-order valence-electron chi connectivity index (χ0n) is 18.0. The van der Waals surface area contributed by atoms with Gasteiger partial charge in [0, 0.05) is 5.56 Å². The lowest BCUT2D eigenvalue weighted by Crippen LogP contribution is -2.14. The minimum absolute atomic E-state index is 0.279. The number of unbranched alkanes of at least 4 members (excludes halogenated alkanes) is 7. The van der Waals surface area contributed by atoms with Gasteiger partial charge in [-0.3, -0.25) is 4.79 Å². The molecule has 4 nitrogen and oxygen atoms in total. The first kappa shape index (κ1) is 25.2. The van der Waals surface area contributed by atoms with E-state index >= 15 is 0 Å². The summed E-state index contributed by atoms with van der Waals surface area (Å²) in [5, 5.41) is 0.640. The Bertz CT molecular complexity index is 834. The number of carbonyl (C=O) groups is 2. The second-order valence-electron chi connectivity index (χ2n) is 7.48. The summed E-state index contributed by atoms with van der Waals surface area (Å²) in [4.78, 5) is 24.3. The standard InChI is InChI=1S/C25H30Cl2O4/c1-2-3-4-5-6-7-8-9-16-30-21-13-10-19(11-14-21)25(29)31-18-24(28)20-12-15-22(26)23(27)17-20/h10-15,17H,2-9,16,18H2,1H3. The van der Waals surface area contributed by atoms with Crippen molar-refractivity contribution in [2.45, 2.75) is 58.3 Å². The highest BCUT2D eigenvalue weighted by molar-refractivity contribution is 6.42. The summed E-state index contributed by atoms with van der Waals surface area (Å²) in [6.45, 7) is 2.53. The second-order valence-corrected chi connectivity index (χ2v) is 8.29. The van der Waals surface area contributed by atoms with Crippen molar-refractivity contribution in [1.29, 1.82) is 0 Å². The predicted molar refractivity (Wildman–Crippen MR) is 126 cm³/mol. The summed E-state index contributed by atoms with van der Waals surface area (Å²) in [6.07, 6.45) is 10.0. The van der Waals surface area contributed by atoms with E-state index in [-0.39, 0.29) is 17.4 Å². The van der Waals surface area contributed by atoms with E-state index in [1.165, 1.54) is 57.1 Å². The molecular weight excluding hydrogens is 435 g/mol. The van der Waals surface area contributed by atoms with Crippen molar-refractivity contribution in [3.05, 3.63) is 63.6 Å². The molecule has 0 amide bonds. The average molecular weight is 465 g/mol. The summed E-state index contributed by atoms with van der Waals surface area (Å²) < 4.78 is 10.8. The Hall–Kier alpha value is -2.04. The number of hydrogen-bond donors (Lipinski definition) is 0. The minimum Gasteiger partial charge on any atom is -0.494 e. The number of rotatable bonds is 14. The van der Waals surface area contributed by atoms with Crippen molar-refractivity contribution in [1.82, 2.24) is 0 Å². The molecule has 0 spiro atoms. The molecule has 2 rings (SSSR count). The molecule has 0 radical (unpaired) electrons. The van der Waals surface area contributed by atoms with Crippen LogP contribution in [0.4, 0.5) is 0 Å². The predicted octanol–water partition coefficient (Wildman–Crippen LogP) is 7.55. The summed E-state index contributed by atoms with van der Waals surface area (Å²) in [7, 11) is 0. The number of benzene rings is 2. The first-order valence-corrected chi connectivity index (χ1v) is 11.6. The highest BCUT2D eigenvalue weighted by atomic mass is 35.5. The van der Waals surface area contributed by atoms with Gasteiger partial charge in [0.1, 0.15) is 5.75 Å². The lowest BCUT2D eigenvalue weighted by Gasteiger charge is -2.08. The van der Waals surface area contributed by atoms with Gasteiger partial charge >= 0.3 is 5.97 Å². The van der Waals surface area contributed by atoms with Crippen LogP contribution >= 0.6 is 23.2 Å². The number of ketones is 1. The van der Waals surface area contributed by atoms with E-state index in [1.807, 2.05) is 0 Å². The van der Waals surface area contributed by atoms with Gasteiger partial charge in [-0.15, -0.1) is 0 Å².